The third-order valence-corrected chi connectivity index (χ3v) is 2.51. The summed E-state index contributed by atoms with van der Waals surface area (Å²) in [7, 11) is 0. The Morgan fingerprint density at radius 3 is 2.41 bits per heavy atom. The van der Waals surface area contributed by atoms with Crippen LogP contribution in [0.15, 0.2) is 17.3 Å². The van der Waals surface area contributed by atoms with E-state index in [1.54, 1.807) is 6.07 Å². The van der Waals surface area contributed by atoms with E-state index in [0.29, 0.717) is 0 Å². The van der Waals surface area contributed by atoms with Gasteiger partial charge in [-0.25, -0.2) is 4.39 Å². The lowest BCUT2D eigenvalue weighted by Gasteiger charge is -2.21. The van der Waals surface area contributed by atoms with Gasteiger partial charge in [-0.2, -0.15) is 4.91 Å². The van der Waals surface area contributed by atoms with Gasteiger partial charge >= 0.3 is 0 Å². The summed E-state index contributed by atoms with van der Waals surface area (Å²) in [6, 6.07) is 2.97. The first-order valence-electron chi connectivity index (χ1n) is 5.19. The number of nitroso groups, excluding NO2 is 1. The third-order valence-electron chi connectivity index (χ3n) is 2.51. The van der Waals surface area contributed by atoms with Crippen LogP contribution in [0.3, 0.4) is 0 Å². The van der Waals surface area contributed by atoms with Crippen LogP contribution >= 0.6 is 0 Å². The summed E-state index contributed by atoms with van der Waals surface area (Å²) in [5.74, 6) is -1.61. The number of rotatable bonds is 3. The highest BCUT2D eigenvalue weighted by Gasteiger charge is 2.21. The topological polar surface area (TPSA) is 72.5 Å². The Bertz CT molecular complexity index is 464. The highest BCUT2D eigenvalue weighted by atomic mass is 19.1. The van der Waals surface area contributed by atoms with E-state index in [1.807, 2.05) is 20.8 Å². The summed E-state index contributed by atoms with van der Waals surface area (Å²) in [4.78, 5) is 21.4. The van der Waals surface area contributed by atoms with Crippen molar-refractivity contribution >= 4 is 5.91 Å². The average Bonchev–Trinajstić information content (AvgIpc) is 2.19. The predicted molar refractivity (Wildman–Crippen MR) is 63.1 cm³/mol. The molecule has 0 heterocycles. The molecule has 2 N–H and O–H groups in total. The highest BCUT2D eigenvalue weighted by Crippen LogP contribution is 2.27. The molecule has 0 saturated heterocycles. The molecule has 5 heteroatoms. The molecule has 0 atom stereocenters. The Labute approximate surface area is 99.0 Å². The molecule has 92 valence electrons. The van der Waals surface area contributed by atoms with Crippen LogP contribution in [0.25, 0.3) is 0 Å². The van der Waals surface area contributed by atoms with Crippen LogP contribution in [0, 0.1) is 10.7 Å². The van der Waals surface area contributed by atoms with Crippen LogP contribution in [0.1, 0.15) is 42.3 Å². The Morgan fingerprint density at radius 2 is 2.00 bits per heavy atom. The monoisotopic (exact) mass is 238 g/mol. The van der Waals surface area contributed by atoms with Gasteiger partial charge in [0.2, 0.25) is 0 Å². The molecule has 0 unspecified atom stereocenters. The molecule has 0 saturated carbocycles. The Hall–Kier alpha value is -1.78. The largest absolute Gasteiger partial charge is 0.366 e. The molecular weight excluding hydrogens is 223 g/mol. The van der Waals surface area contributed by atoms with E-state index in [-0.39, 0.29) is 23.1 Å². The molecule has 1 aromatic rings. The standard InChI is InChI=1S/C12H15FN2O2/c1-12(2,3)8-4-7(6-15-17)10(13)9(5-8)11(14)16/h4-5H,6H2,1-3H3,(H2,14,16). The Morgan fingerprint density at radius 1 is 1.41 bits per heavy atom. The van der Waals surface area contributed by atoms with Gasteiger partial charge in [0.05, 0.1) is 5.56 Å². The lowest BCUT2D eigenvalue weighted by Crippen LogP contribution is -2.18. The van der Waals surface area contributed by atoms with Crippen molar-refractivity contribution in [1.82, 2.24) is 0 Å². The van der Waals surface area contributed by atoms with Crippen molar-refractivity contribution in [3.8, 4) is 0 Å². The van der Waals surface area contributed by atoms with Gasteiger partial charge in [0.25, 0.3) is 5.91 Å². The molecular formula is C12H15FN2O2. The smallest absolute Gasteiger partial charge is 0.251 e. The van der Waals surface area contributed by atoms with Gasteiger partial charge in [0, 0.05) is 5.56 Å². The number of primary amides is 1. The van der Waals surface area contributed by atoms with Crippen LogP contribution in [0.2, 0.25) is 0 Å². The zero-order valence-corrected chi connectivity index (χ0v) is 10.1. The van der Waals surface area contributed by atoms with Gasteiger partial charge in [0.1, 0.15) is 12.4 Å². The molecule has 0 spiro atoms. The minimum atomic E-state index is -0.847. The van der Waals surface area contributed by atoms with Crippen molar-refractivity contribution in [2.45, 2.75) is 32.7 Å². The maximum absolute atomic E-state index is 13.8. The number of halogens is 1. The number of nitrogens with zero attached hydrogens (tertiary/aromatic N) is 1. The summed E-state index contributed by atoms with van der Waals surface area (Å²) in [5, 5.41) is 2.65. The number of benzene rings is 1. The van der Waals surface area contributed by atoms with E-state index in [0.717, 1.165) is 5.56 Å². The van der Waals surface area contributed by atoms with Crippen molar-refractivity contribution in [3.63, 3.8) is 0 Å². The molecule has 0 radical (unpaired) electrons. The Balaban J connectivity index is 3.47. The van der Waals surface area contributed by atoms with E-state index in [1.165, 1.54) is 6.07 Å². The van der Waals surface area contributed by atoms with Gasteiger partial charge < -0.3 is 5.73 Å². The fourth-order valence-electron chi connectivity index (χ4n) is 1.48. The maximum Gasteiger partial charge on any atom is 0.251 e. The lowest BCUT2D eigenvalue weighted by atomic mass is 9.84. The highest BCUT2D eigenvalue weighted by molar-refractivity contribution is 5.93. The molecule has 0 aliphatic carbocycles. The molecule has 1 amide bonds. The summed E-state index contributed by atoms with van der Waals surface area (Å²) >= 11 is 0. The van der Waals surface area contributed by atoms with E-state index in [2.05, 4.69) is 5.18 Å². The lowest BCUT2D eigenvalue weighted by molar-refractivity contribution is 0.0996. The number of hydrogen-bond donors (Lipinski definition) is 1. The Kier molecular flexibility index (Phi) is 3.60. The van der Waals surface area contributed by atoms with Crippen LogP contribution in [0.4, 0.5) is 4.39 Å². The first kappa shape index (κ1) is 13.3. The van der Waals surface area contributed by atoms with Gasteiger partial charge in [0.15, 0.2) is 0 Å². The number of amides is 1. The molecule has 0 bridgehead atoms. The van der Waals surface area contributed by atoms with E-state index < -0.39 is 11.7 Å². The van der Waals surface area contributed by atoms with Gasteiger partial charge in [-0.1, -0.05) is 32.0 Å². The van der Waals surface area contributed by atoms with Gasteiger partial charge in [-0.05, 0) is 17.0 Å². The van der Waals surface area contributed by atoms with Gasteiger partial charge in [-0.3, -0.25) is 4.79 Å². The molecule has 1 aromatic carbocycles. The van der Waals surface area contributed by atoms with Crippen molar-refractivity contribution in [2.24, 2.45) is 10.9 Å². The van der Waals surface area contributed by atoms with Crippen molar-refractivity contribution < 1.29 is 9.18 Å². The molecule has 0 aliphatic rings. The summed E-state index contributed by atoms with van der Waals surface area (Å²) < 4.78 is 13.8. The maximum atomic E-state index is 13.8. The molecule has 0 aliphatic heterocycles. The third kappa shape index (κ3) is 2.87. The molecule has 17 heavy (non-hydrogen) atoms. The predicted octanol–water partition coefficient (Wildman–Crippen LogP) is 2.49. The van der Waals surface area contributed by atoms with Crippen LogP contribution in [-0.2, 0) is 12.0 Å². The quantitative estimate of drug-likeness (QED) is 0.821. The second-order valence-electron chi connectivity index (χ2n) is 4.90. The number of carbonyl (C=O) groups is 1. The zero-order chi connectivity index (χ0) is 13.2. The van der Waals surface area contributed by atoms with Crippen molar-refractivity contribution in [1.29, 1.82) is 0 Å². The zero-order valence-electron chi connectivity index (χ0n) is 10.1. The van der Waals surface area contributed by atoms with Gasteiger partial charge in [-0.15, -0.1) is 0 Å². The second-order valence-corrected chi connectivity index (χ2v) is 4.90. The van der Waals surface area contributed by atoms with E-state index in [4.69, 9.17) is 5.73 Å². The van der Waals surface area contributed by atoms with Crippen LogP contribution in [0.5, 0.6) is 0 Å². The van der Waals surface area contributed by atoms with Crippen LogP contribution < -0.4 is 5.73 Å². The fraction of sp³-hybridized carbons (Fsp3) is 0.417. The van der Waals surface area contributed by atoms with Crippen LogP contribution in [-0.4, -0.2) is 5.91 Å². The molecule has 4 nitrogen and oxygen atoms in total. The van der Waals surface area contributed by atoms with Crippen molar-refractivity contribution in [2.75, 3.05) is 0 Å². The average molecular weight is 238 g/mol. The first-order chi connectivity index (χ1) is 7.77. The normalized spacial score (nSPS) is 11.3. The van der Waals surface area contributed by atoms with Crippen molar-refractivity contribution in [3.05, 3.63) is 39.5 Å². The minimum Gasteiger partial charge on any atom is -0.366 e. The SMILES string of the molecule is CC(C)(C)c1cc(CN=O)c(F)c(C(N)=O)c1. The first-order valence-corrected chi connectivity index (χ1v) is 5.19. The minimum absolute atomic E-state index is 0.0984. The van der Waals surface area contributed by atoms with E-state index >= 15 is 0 Å². The summed E-state index contributed by atoms with van der Waals surface area (Å²) in [6.45, 7) is 5.45. The number of carbonyl (C=O) groups excluding carboxylic acids is 1. The fourth-order valence-corrected chi connectivity index (χ4v) is 1.48. The number of nitrogens with two attached hydrogens (primary N) is 1. The number of hydrogen-bond acceptors (Lipinski definition) is 3. The second kappa shape index (κ2) is 4.61. The van der Waals surface area contributed by atoms with E-state index in [9.17, 15) is 14.1 Å². The molecule has 0 aromatic heterocycles. The molecule has 1 rings (SSSR count). The summed E-state index contributed by atoms with van der Waals surface area (Å²) in [6.07, 6.45) is 0. The molecule has 0 fully saturated rings. The summed E-state index contributed by atoms with van der Waals surface area (Å²) in [5.41, 5.74) is 5.48.